The topological polar surface area (TPSA) is 29.3 Å². The summed E-state index contributed by atoms with van der Waals surface area (Å²) in [4.78, 5) is 2.22. The Morgan fingerprint density at radius 3 is 2.44 bits per heavy atom. The first-order valence-electron chi connectivity index (χ1n) is 5.54. The molecule has 0 saturated heterocycles. The van der Waals surface area contributed by atoms with Crippen LogP contribution in [0.1, 0.15) is 26.3 Å². The van der Waals surface area contributed by atoms with E-state index in [0.717, 1.165) is 22.8 Å². The van der Waals surface area contributed by atoms with Gasteiger partial charge in [0.15, 0.2) is 0 Å². The number of hydrogen-bond acceptors (Lipinski definition) is 2. The quantitative estimate of drug-likeness (QED) is 0.879. The van der Waals surface area contributed by atoms with Gasteiger partial charge in [-0.2, -0.15) is 0 Å². The Labute approximate surface area is 103 Å². The maximum absolute atomic E-state index is 6.14. The zero-order valence-electron chi connectivity index (χ0n) is 10.5. The zero-order chi connectivity index (χ0) is 12.3. The van der Waals surface area contributed by atoms with E-state index in [1.807, 2.05) is 12.1 Å². The average Bonchev–Trinajstić information content (AvgIpc) is 2.14. The lowest BCUT2D eigenvalue weighted by Gasteiger charge is -2.30. The van der Waals surface area contributed by atoms with Crippen molar-refractivity contribution in [1.82, 2.24) is 0 Å². The van der Waals surface area contributed by atoms with E-state index in [2.05, 4.69) is 38.8 Å². The van der Waals surface area contributed by atoms with Gasteiger partial charge in [0.25, 0.3) is 0 Å². The van der Waals surface area contributed by atoms with Crippen molar-refractivity contribution in [2.24, 2.45) is 11.1 Å². The minimum atomic E-state index is 0.253. The Kier molecular flexibility index (Phi) is 4.22. The van der Waals surface area contributed by atoms with Crippen LogP contribution in [0.4, 0.5) is 5.69 Å². The molecule has 90 valence electrons. The third-order valence-electron chi connectivity index (χ3n) is 2.42. The number of hydrogen-bond donors (Lipinski definition) is 1. The van der Waals surface area contributed by atoms with Crippen LogP contribution in [0.5, 0.6) is 0 Å². The molecule has 0 aliphatic carbocycles. The standard InChI is InChI=1S/C13H21ClN2/c1-13(2,3)9-16(4)12-7-5-6-11(14)10(12)8-15/h5-7H,8-9,15H2,1-4H3. The Hall–Kier alpha value is -0.730. The predicted octanol–water partition coefficient (Wildman–Crippen LogP) is 3.28. The fourth-order valence-corrected chi connectivity index (χ4v) is 2.15. The van der Waals surface area contributed by atoms with E-state index in [0.29, 0.717) is 6.54 Å². The van der Waals surface area contributed by atoms with Crippen LogP contribution in [0.25, 0.3) is 0 Å². The first-order chi connectivity index (χ1) is 7.35. The summed E-state index contributed by atoms with van der Waals surface area (Å²) >= 11 is 6.14. The van der Waals surface area contributed by atoms with Gasteiger partial charge in [-0.3, -0.25) is 0 Å². The lowest BCUT2D eigenvalue weighted by molar-refractivity contribution is 0.418. The maximum Gasteiger partial charge on any atom is 0.0471 e. The van der Waals surface area contributed by atoms with Crippen LogP contribution in [0.2, 0.25) is 5.02 Å². The summed E-state index contributed by atoms with van der Waals surface area (Å²) in [5.74, 6) is 0. The Morgan fingerprint density at radius 2 is 1.94 bits per heavy atom. The van der Waals surface area contributed by atoms with Crippen LogP contribution >= 0.6 is 11.6 Å². The highest BCUT2D eigenvalue weighted by atomic mass is 35.5. The molecule has 1 aromatic carbocycles. The van der Waals surface area contributed by atoms with E-state index in [1.165, 1.54) is 0 Å². The molecule has 0 aromatic heterocycles. The van der Waals surface area contributed by atoms with Crippen molar-refractivity contribution < 1.29 is 0 Å². The summed E-state index contributed by atoms with van der Waals surface area (Å²) in [6, 6.07) is 5.92. The Balaban J connectivity index is 2.99. The van der Waals surface area contributed by atoms with Gasteiger partial charge in [0.05, 0.1) is 0 Å². The van der Waals surface area contributed by atoms with E-state index in [9.17, 15) is 0 Å². The molecule has 0 saturated carbocycles. The van der Waals surface area contributed by atoms with Gasteiger partial charge in [-0.25, -0.2) is 0 Å². The molecule has 2 N–H and O–H groups in total. The lowest BCUT2D eigenvalue weighted by atomic mass is 9.95. The first-order valence-corrected chi connectivity index (χ1v) is 5.91. The number of rotatable bonds is 3. The SMILES string of the molecule is CN(CC(C)(C)C)c1cccc(Cl)c1CN. The second kappa shape index (κ2) is 5.07. The third kappa shape index (κ3) is 3.39. The molecule has 1 aromatic rings. The van der Waals surface area contributed by atoms with E-state index in [4.69, 9.17) is 17.3 Å². The molecule has 0 aliphatic rings. The molecule has 0 fully saturated rings. The highest BCUT2D eigenvalue weighted by Crippen LogP contribution is 2.28. The van der Waals surface area contributed by atoms with Gasteiger partial charge in [-0.05, 0) is 17.5 Å². The third-order valence-corrected chi connectivity index (χ3v) is 2.78. The van der Waals surface area contributed by atoms with Crippen LogP contribution < -0.4 is 10.6 Å². The van der Waals surface area contributed by atoms with Crippen molar-refractivity contribution in [2.45, 2.75) is 27.3 Å². The highest BCUT2D eigenvalue weighted by Gasteiger charge is 2.16. The molecule has 0 spiro atoms. The minimum absolute atomic E-state index is 0.253. The van der Waals surface area contributed by atoms with E-state index >= 15 is 0 Å². The minimum Gasteiger partial charge on any atom is -0.374 e. The molecule has 0 heterocycles. The van der Waals surface area contributed by atoms with Crippen LogP contribution in [-0.4, -0.2) is 13.6 Å². The predicted molar refractivity (Wildman–Crippen MR) is 72.1 cm³/mol. The van der Waals surface area contributed by atoms with Gasteiger partial charge in [0.1, 0.15) is 0 Å². The van der Waals surface area contributed by atoms with Crippen molar-refractivity contribution in [2.75, 3.05) is 18.5 Å². The van der Waals surface area contributed by atoms with Crippen LogP contribution in [-0.2, 0) is 6.54 Å². The number of benzene rings is 1. The molecule has 0 bridgehead atoms. The van der Waals surface area contributed by atoms with Crippen molar-refractivity contribution in [3.63, 3.8) is 0 Å². The molecule has 16 heavy (non-hydrogen) atoms. The van der Waals surface area contributed by atoms with Crippen molar-refractivity contribution in [3.05, 3.63) is 28.8 Å². The van der Waals surface area contributed by atoms with E-state index in [1.54, 1.807) is 0 Å². The van der Waals surface area contributed by atoms with Crippen LogP contribution in [0.15, 0.2) is 18.2 Å². The second-order valence-electron chi connectivity index (χ2n) is 5.36. The first kappa shape index (κ1) is 13.3. The monoisotopic (exact) mass is 240 g/mol. The molecule has 0 amide bonds. The molecule has 1 rings (SSSR count). The molecule has 2 nitrogen and oxygen atoms in total. The molecular weight excluding hydrogens is 220 g/mol. The summed E-state index contributed by atoms with van der Waals surface area (Å²) in [5, 5.41) is 0.751. The number of anilines is 1. The number of nitrogens with zero attached hydrogens (tertiary/aromatic N) is 1. The van der Waals surface area contributed by atoms with Gasteiger partial charge in [0.2, 0.25) is 0 Å². The fraction of sp³-hybridized carbons (Fsp3) is 0.538. The maximum atomic E-state index is 6.14. The zero-order valence-corrected chi connectivity index (χ0v) is 11.3. The normalized spacial score (nSPS) is 11.6. The largest absolute Gasteiger partial charge is 0.374 e. The number of halogens is 1. The Morgan fingerprint density at radius 1 is 1.31 bits per heavy atom. The summed E-state index contributed by atoms with van der Waals surface area (Å²) in [6.07, 6.45) is 0. The summed E-state index contributed by atoms with van der Waals surface area (Å²) in [5.41, 5.74) is 8.15. The summed E-state index contributed by atoms with van der Waals surface area (Å²) in [7, 11) is 2.08. The van der Waals surface area contributed by atoms with Crippen molar-refractivity contribution in [3.8, 4) is 0 Å². The van der Waals surface area contributed by atoms with Gasteiger partial charge < -0.3 is 10.6 Å². The van der Waals surface area contributed by atoms with Crippen molar-refractivity contribution >= 4 is 17.3 Å². The lowest BCUT2D eigenvalue weighted by Crippen LogP contribution is -2.30. The molecule has 0 aliphatic heterocycles. The molecule has 3 heteroatoms. The molecule has 0 atom stereocenters. The summed E-state index contributed by atoms with van der Waals surface area (Å²) in [6.45, 7) is 8.10. The number of nitrogens with two attached hydrogens (primary N) is 1. The average molecular weight is 241 g/mol. The van der Waals surface area contributed by atoms with E-state index in [-0.39, 0.29) is 5.41 Å². The summed E-state index contributed by atoms with van der Waals surface area (Å²) < 4.78 is 0. The van der Waals surface area contributed by atoms with Gasteiger partial charge in [0, 0.05) is 36.4 Å². The highest BCUT2D eigenvalue weighted by molar-refractivity contribution is 6.31. The van der Waals surface area contributed by atoms with Crippen LogP contribution in [0.3, 0.4) is 0 Å². The van der Waals surface area contributed by atoms with Gasteiger partial charge in [-0.15, -0.1) is 0 Å². The molecular formula is C13H21ClN2. The Bertz CT molecular complexity index is 355. The van der Waals surface area contributed by atoms with Gasteiger partial charge in [-0.1, -0.05) is 38.4 Å². The van der Waals surface area contributed by atoms with Crippen molar-refractivity contribution in [1.29, 1.82) is 0 Å². The van der Waals surface area contributed by atoms with Crippen LogP contribution in [0, 0.1) is 5.41 Å². The fourth-order valence-electron chi connectivity index (χ4n) is 1.90. The molecule has 0 unspecified atom stereocenters. The smallest absolute Gasteiger partial charge is 0.0471 e. The van der Waals surface area contributed by atoms with E-state index < -0.39 is 0 Å². The second-order valence-corrected chi connectivity index (χ2v) is 5.77. The van der Waals surface area contributed by atoms with Gasteiger partial charge >= 0.3 is 0 Å². The molecule has 0 radical (unpaired) electrons.